The van der Waals surface area contributed by atoms with Gasteiger partial charge in [0, 0.05) is 12.4 Å². The molecule has 0 bridgehead atoms. The van der Waals surface area contributed by atoms with Crippen molar-refractivity contribution >= 4 is 0 Å². The van der Waals surface area contributed by atoms with E-state index in [1.54, 1.807) is 12.4 Å². The second kappa shape index (κ2) is 3.85. The number of hydrogen-bond donors (Lipinski definition) is 0. The molecule has 0 amide bonds. The highest BCUT2D eigenvalue weighted by molar-refractivity contribution is 5.66. The predicted molar refractivity (Wildman–Crippen MR) is 60.7 cm³/mol. The average molecular weight is 213 g/mol. The van der Waals surface area contributed by atoms with E-state index in [4.69, 9.17) is 9.47 Å². The van der Waals surface area contributed by atoms with Crippen LogP contribution in [0.1, 0.15) is 0 Å². The van der Waals surface area contributed by atoms with Gasteiger partial charge in [0.1, 0.15) is 13.2 Å². The predicted octanol–water partition coefficient (Wildman–Crippen LogP) is 2.52. The summed E-state index contributed by atoms with van der Waals surface area (Å²) in [5.41, 5.74) is 2.25. The Morgan fingerprint density at radius 3 is 2.38 bits per heavy atom. The molecule has 0 N–H and O–H groups in total. The molecule has 1 aliphatic heterocycles. The molecule has 0 aliphatic carbocycles. The van der Waals surface area contributed by atoms with Crippen LogP contribution in [0.15, 0.2) is 42.7 Å². The zero-order valence-electron chi connectivity index (χ0n) is 8.72. The third kappa shape index (κ3) is 1.60. The van der Waals surface area contributed by atoms with Crippen LogP contribution in [0.2, 0.25) is 0 Å². The van der Waals surface area contributed by atoms with Crippen LogP contribution < -0.4 is 9.47 Å². The zero-order valence-corrected chi connectivity index (χ0v) is 8.72. The summed E-state index contributed by atoms with van der Waals surface area (Å²) in [5.74, 6) is 1.64. The van der Waals surface area contributed by atoms with Crippen LogP contribution in [0, 0.1) is 0 Å². The van der Waals surface area contributed by atoms with Gasteiger partial charge < -0.3 is 9.47 Å². The molecule has 0 fully saturated rings. The number of rotatable bonds is 1. The molecular weight excluding hydrogens is 202 g/mol. The van der Waals surface area contributed by atoms with Crippen LogP contribution in [-0.4, -0.2) is 18.2 Å². The van der Waals surface area contributed by atoms with Gasteiger partial charge in [0.05, 0.1) is 0 Å². The maximum Gasteiger partial charge on any atom is 0.161 e. The Bertz CT molecular complexity index is 497. The van der Waals surface area contributed by atoms with Gasteiger partial charge in [0.15, 0.2) is 11.5 Å². The minimum Gasteiger partial charge on any atom is -0.486 e. The summed E-state index contributed by atoms with van der Waals surface area (Å²) >= 11 is 0. The van der Waals surface area contributed by atoms with Crippen molar-refractivity contribution in [2.45, 2.75) is 0 Å². The molecular formula is C13H11NO2. The van der Waals surface area contributed by atoms with Gasteiger partial charge in [0.2, 0.25) is 0 Å². The van der Waals surface area contributed by atoms with Crippen LogP contribution >= 0.6 is 0 Å². The van der Waals surface area contributed by atoms with Gasteiger partial charge in [-0.05, 0) is 35.4 Å². The number of aromatic nitrogens is 1. The quantitative estimate of drug-likeness (QED) is 0.729. The molecule has 0 spiro atoms. The van der Waals surface area contributed by atoms with E-state index in [2.05, 4.69) is 4.98 Å². The molecule has 16 heavy (non-hydrogen) atoms. The molecule has 1 aliphatic rings. The lowest BCUT2D eigenvalue weighted by atomic mass is 10.1. The molecule has 0 saturated carbocycles. The van der Waals surface area contributed by atoms with E-state index in [0.717, 1.165) is 22.6 Å². The van der Waals surface area contributed by atoms with Crippen LogP contribution in [0.25, 0.3) is 11.1 Å². The van der Waals surface area contributed by atoms with Gasteiger partial charge in [-0.15, -0.1) is 0 Å². The molecule has 0 radical (unpaired) electrons. The van der Waals surface area contributed by atoms with Crippen molar-refractivity contribution in [2.24, 2.45) is 0 Å². The summed E-state index contributed by atoms with van der Waals surface area (Å²) in [4.78, 5) is 4.00. The first-order chi connectivity index (χ1) is 7.93. The van der Waals surface area contributed by atoms with Crippen molar-refractivity contribution in [3.05, 3.63) is 42.7 Å². The molecule has 1 aromatic heterocycles. The topological polar surface area (TPSA) is 31.4 Å². The molecule has 2 aromatic rings. The molecule has 3 heteroatoms. The lowest BCUT2D eigenvalue weighted by Gasteiger charge is -2.18. The summed E-state index contributed by atoms with van der Waals surface area (Å²) in [6.45, 7) is 1.24. The molecule has 3 rings (SSSR count). The van der Waals surface area contributed by atoms with E-state index in [1.165, 1.54) is 0 Å². The Morgan fingerprint density at radius 2 is 1.56 bits per heavy atom. The first-order valence-electron chi connectivity index (χ1n) is 5.23. The van der Waals surface area contributed by atoms with E-state index < -0.39 is 0 Å². The van der Waals surface area contributed by atoms with Gasteiger partial charge in [0.25, 0.3) is 0 Å². The summed E-state index contributed by atoms with van der Waals surface area (Å²) in [5, 5.41) is 0. The maximum absolute atomic E-state index is 5.54. The second-order valence-electron chi connectivity index (χ2n) is 3.59. The van der Waals surface area contributed by atoms with Crippen LogP contribution in [-0.2, 0) is 0 Å². The molecule has 80 valence electrons. The van der Waals surface area contributed by atoms with E-state index in [1.807, 2.05) is 30.3 Å². The monoisotopic (exact) mass is 213 g/mol. The number of pyridine rings is 1. The van der Waals surface area contributed by atoms with E-state index in [-0.39, 0.29) is 0 Å². The standard InChI is InChI=1S/C13H11NO2/c1-2-12-13(16-8-7-15-12)9-11(1)10-3-5-14-6-4-10/h1-6,9H,7-8H2. The lowest BCUT2D eigenvalue weighted by molar-refractivity contribution is 0.171. The zero-order chi connectivity index (χ0) is 10.8. The number of benzene rings is 1. The van der Waals surface area contributed by atoms with Crippen LogP contribution in [0.4, 0.5) is 0 Å². The van der Waals surface area contributed by atoms with E-state index >= 15 is 0 Å². The number of fused-ring (bicyclic) bond motifs is 1. The Balaban J connectivity index is 2.03. The highest BCUT2D eigenvalue weighted by Crippen LogP contribution is 2.34. The highest BCUT2D eigenvalue weighted by atomic mass is 16.6. The SMILES string of the molecule is c1cc(-c2ccc3c(c2)OCCO3)ccn1. The van der Waals surface area contributed by atoms with Crippen LogP contribution in [0.5, 0.6) is 11.5 Å². The van der Waals surface area contributed by atoms with Gasteiger partial charge in [-0.25, -0.2) is 0 Å². The molecule has 1 aromatic carbocycles. The van der Waals surface area contributed by atoms with Gasteiger partial charge in [-0.1, -0.05) is 6.07 Å². The van der Waals surface area contributed by atoms with Crippen molar-refractivity contribution in [1.82, 2.24) is 4.98 Å². The largest absolute Gasteiger partial charge is 0.486 e. The summed E-state index contributed by atoms with van der Waals surface area (Å²) in [6.07, 6.45) is 3.57. The lowest BCUT2D eigenvalue weighted by Crippen LogP contribution is -2.15. The normalized spacial score (nSPS) is 13.5. The van der Waals surface area contributed by atoms with Gasteiger partial charge >= 0.3 is 0 Å². The number of ether oxygens (including phenoxy) is 2. The van der Waals surface area contributed by atoms with Gasteiger partial charge in [-0.3, -0.25) is 4.98 Å². The summed E-state index contributed by atoms with van der Waals surface area (Å²) in [7, 11) is 0. The number of hydrogen-bond acceptors (Lipinski definition) is 3. The first-order valence-corrected chi connectivity index (χ1v) is 5.23. The molecule has 0 saturated heterocycles. The fourth-order valence-electron chi connectivity index (χ4n) is 1.77. The minimum atomic E-state index is 0.618. The first kappa shape index (κ1) is 9.21. The van der Waals surface area contributed by atoms with E-state index in [0.29, 0.717) is 13.2 Å². The summed E-state index contributed by atoms with van der Waals surface area (Å²) < 4.78 is 11.0. The molecule has 2 heterocycles. The van der Waals surface area contributed by atoms with Crippen LogP contribution in [0.3, 0.4) is 0 Å². The Hall–Kier alpha value is -2.03. The van der Waals surface area contributed by atoms with Crippen molar-refractivity contribution in [3.63, 3.8) is 0 Å². The molecule has 0 unspecified atom stereocenters. The maximum atomic E-state index is 5.54. The van der Waals surface area contributed by atoms with Crippen molar-refractivity contribution in [3.8, 4) is 22.6 Å². The Labute approximate surface area is 93.7 Å². The Morgan fingerprint density at radius 1 is 0.812 bits per heavy atom. The second-order valence-corrected chi connectivity index (χ2v) is 3.59. The fraction of sp³-hybridized carbons (Fsp3) is 0.154. The third-order valence-electron chi connectivity index (χ3n) is 2.56. The summed E-state index contributed by atoms with van der Waals surface area (Å²) in [6, 6.07) is 9.94. The third-order valence-corrected chi connectivity index (χ3v) is 2.56. The van der Waals surface area contributed by atoms with Gasteiger partial charge in [-0.2, -0.15) is 0 Å². The van der Waals surface area contributed by atoms with Crippen molar-refractivity contribution in [1.29, 1.82) is 0 Å². The molecule has 3 nitrogen and oxygen atoms in total. The molecule has 0 atom stereocenters. The minimum absolute atomic E-state index is 0.618. The highest BCUT2D eigenvalue weighted by Gasteiger charge is 2.11. The fourth-order valence-corrected chi connectivity index (χ4v) is 1.77. The average Bonchev–Trinajstić information content (AvgIpc) is 2.39. The number of nitrogens with zero attached hydrogens (tertiary/aromatic N) is 1. The van der Waals surface area contributed by atoms with Crippen molar-refractivity contribution in [2.75, 3.05) is 13.2 Å². The van der Waals surface area contributed by atoms with Crippen molar-refractivity contribution < 1.29 is 9.47 Å². The Kier molecular flexibility index (Phi) is 2.22. The van der Waals surface area contributed by atoms with E-state index in [9.17, 15) is 0 Å². The smallest absolute Gasteiger partial charge is 0.161 e.